The molecule has 0 bridgehead atoms. The molecule has 0 radical (unpaired) electrons. The van der Waals surface area contributed by atoms with Gasteiger partial charge >= 0.3 is 0 Å². The zero-order valence-electron chi connectivity index (χ0n) is 11.3. The van der Waals surface area contributed by atoms with Gasteiger partial charge < -0.3 is 10.1 Å². The molecule has 1 aliphatic rings. The molecule has 1 heterocycles. The maximum absolute atomic E-state index is 12.5. The lowest BCUT2D eigenvalue weighted by Gasteiger charge is -2.32. The van der Waals surface area contributed by atoms with Crippen LogP contribution in [0.25, 0.3) is 0 Å². The summed E-state index contributed by atoms with van der Waals surface area (Å²) in [6.45, 7) is 6.28. The minimum absolute atomic E-state index is 0.0229. The molecule has 1 aromatic carbocycles. The lowest BCUT2D eigenvalue weighted by molar-refractivity contribution is 0.284. The number of nitrogens with zero attached hydrogens (tertiary/aromatic N) is 1. The van der Waals surface area contributed by atoms with Crippen molar-refractivity contribution in [1.29, 1.82) is 0 Å². The summed E-state index contributed by atoms with van der Waals surface area (Å²) in [6, 6.07) is 6.58. The molecule has 5 nitrogen and oxygen atoms in total. The molecule has 1 N–H and O–H groups in total. The molecule has 0 amide bonds. The van der Waals surface area contributed by atoms with Crippen LogP contribution in [0.5, 0.6) is 5.75 Å². The maximum atomic E-state index is 12.5. The van der Waals surface area contributed by atoms with Crippen LogP contribution in [0, 0.1) is 0 Å². The summed E-state index contributed by atoms with van der Waals surface area (Å²) < 4.78 is 31.9. The number of rotatable bonds is 4. The largest absolute Gasteiger partial charge is 0.494 e. The van der Waals surface area contributed by atoms with E-state index in [1.54, 1.807) is 28.6 Å². The molecule has 0 spiro atoms. The normalized spacial score (nSPS) is 21.3. The molecule has 0 saturated carbocycles. The highest BCUT2D eigenvalue weighted by Gasteiger charge is 2.30. The topological polar surface area (TPSA) is 58.6 Å². The van der Waals surface area contributed by atoms with Crippen molar-refractivity contribution in [3.63, 3.8) is 0 Å². The third-order valence-electron chi connectivity index (χ3n) is 3.18. The van der Waals surface area contributed by atoms with Gasteiger partial charge in [0.25, 0.3) is 0 Å². The van der Waals surface area contributed by atoms with E-state index in [-0.39, 0.29) is 6.04 Å². The van der Waals surface area contributed by atoms with E-state index in [9.17, 15) is 8.42 Å². The Hall–Kier alpha value is -1.11. The van der Waals surface area contributed by atoms with Crippen molar-refractivity contribution in [2.24, 2.45) is 0 Å². The van der Waals surface area contributed by atoms with Crippen LogP contribution in [0.1, 0.15) is 13.8 Å². The maximum Gasteiger partial charge on any atom is 0.243 e. The monoisotopic (exact) mass is 284 g/mol. The lowest BCUT2D eigenvalue weighted by atomic mass is 10.3. The zero-order chi connectivity index (χ0) is 13.9. The molecule has 19 heavy (non-hydrogen) atoms. The number of ether oxygens (including phenoxy) is 1. The van der Waals surface area contributed by atoms with E-state index in [0.717, 1.165) is 0 Å². The molecule has 0 unspecified atom stereocenters. The number of sulfonamides is 1. The molecular formula is C13H20N2O3S. The summed E-state index contributed by atoms with van der Waals surface area (Å²) in [5.41, 5.74) is 0. The summed E-state index contributed by atoms with van der Waals surface area (Å²) in [4.78, 5) is 0.324. The van der Waals surface area contributed by atoms with Crippen molar-refractivity contribution < 1.29 is 13.2 Å². The molecule has 1 atom stereocenters. The molecule has 6 heteroatoms. The van der Waals surface area contributed by atoms with Gasteiger partial charge in [0.1, 0.15) is 5.75 Å². The molecule has 0 aromatic heterocycles. The van der Waals surface area contributed by atoms with Crippen LogP contribution in [0.3, 0.4) is 0 Å². The Morgan fingerprint density at radius 2 is 2.05 bits per heavy atom. The van der Waals surface area contributed by atoms with Crippen molar-refractivity contribution >= 4 is 10.0 Å². The van der Waals surface area contributed by atoms with Gasteiger partial charge in [0.15, 0.2) is 0 Å². The van der Waals surface area contributed by atoms with Crippen LogP contribution in [-0.4, -0.2) is 45.0 Å². The average Bonchev–Trinajstić information content (AvgIpc) is 2.40. The molecule has 1 saturated heterocycles. The number of hydrogen-bond donors (Lipinski definition) is 1. The van der Waals surface area contributed by atoms with E-state index in [4.69, 9.17) is 4.74 Å². The Morgan fingerprint density at radius 1 is 1.37 bits per heavy atom. The van der Waals surface area contributed by atoms with Crippen molar-refractivity contribution in [3.05, 3.63) is 24.3 Å². The Labute approximate surface area is 114 Å². The van der Waals surface area contributed by atoms with Gasteiger partial charge in [-0.1, -0.05) is 0 Å². The van der Waals surface area contributed by atoms with E-state index in [1.807, 2.05) is 13.8 Å². The van der Waals surface area contributed by atoms with Crippen molar-refractivity contribution in [2.45, 2.75) is 24.8 Å². The van der Waals surface area contributed by atoms with Crippen molar-refractivity contribution in [2.75, 3.05) is 26.2 Å². The Bertz CT molecular complexity index is 513. The summed E-state index contributed by atoms with van der Waals surface area (Å²) in [7, 11) is -3.41. The van der Waals surface area contributed by atoms with Gasteiger partial charge in [0, 0.05) is 25.7 Å². The fraction of sp³-hybridized carbons (Fsp3) is 0.538. The van der Waals surface area contributed by atoms with Crippen LogP contribution in [-0.2, 0) is 10.0 Å². The second kappa shape index (κ2) is 5.90. The second-order valence-corrected chi connectivity index (χ2v) is 6.46. The van der Waals surface area contributed by atoms with Gasteiger partial charge in [-0.2, -0.15) is 4.31 Å². The summed E-state index contributed by atoms with van der Waals surface area (Å²) >= 11 is 0. The molecule has 2 rings (SSSR count). The molecule has 1 fully saturated rings. The minimum Gasteiger partial charge on any atom is -0.494 e. The van der Waals surface area contributed by atoms with Gasteiger partial charge in [0.05, 0.1) is 11.5 Å². The second-order valence-electron chi connectivity index (χ2n) is 4.57. The van der Waals surface area contributed by atoms with Crippen LogP contribution in [0.15, 0.2) is 29.2 Å². The zero-order valence-corrected chi connectivity index (χ0v) is 12.1. The molecule has 0 aliphatic carbocycles. The third-order valence-corrected chi connectivity index (χ3v) is 5.21. The third kappa shape index (κ3) is 3.08. The minimum atomic E-state index is -3.41. The van der Waals surface area contributed by atoms with Gasteiger partial charge in [0.2, 0.25) is 10.0 Å². The fourth-order valence-corrected chi connectivity index (χ4v) is 3.82. The first-order valence-corrected chi connectivity index (χ1v) is 7.95. The number of nitrogens with one attached hydrogen (secondary N) is 1. The van der Waals surface area contributed by atoms with Crippen LogP contribution < -0.4 is 10.1 Å². The van der Waals surface area contributed by atoms with E-state index in [1.165, 1.54) is 0 Å². The molecule has 1 aliphatic heterocycles. The summed E-state index contributed by atoms with van der Waals surface area (Å²) in [5, 5.41) is 3.19. The van der Waals surface area contributed by atoms with Gasteiger partial charge in [-0.15, -0.1) is 0 Å². The van der Waals surface area contributed by atoms with Crippen molar-refractivity contribution in [3.8, 4) is 5.75 Å². The SMILES string of the molecule is CCOc1ccc(S(=O)(=O)N2CCNC[C@@H]2C)cc1. The Kier molecular flexibility index (Phi) is 4.44. The van der Waals surface area contributed by atoms with Gasteiger partial charge in [-0.3, -0.25) is 0 Å². The highest BCUT2D eigenvalue weighted by Crippen LogP contribution is 2.21. The van der Waals surface area contributed by atoms with E-state index >= 15 is 0 Å². The quantitative estimate of drug-likeness (QED) is 0.898. The molecular weight excluding hydrogens is 264 g/mol. The van der Waals surface area contributed by atoms with Crippen LogP contribution in [0.4, 0.5) is 0 Å². The van der Waals surface area contributed by atoms with E-state index in [0.29, 0.717) is 36.9 Å². The van der Waals surface area contributed by atoms with E-state index in [2.05, 4.69) is 5.32 Å². The fourth-order valence-electron chi connectivity index (χ4n) is 2.19. The summed E-state index contributed by atoms with van der Waals surface area (Å²) in [6.07, 6.45) is 0. The predicted octanol–water partition coefficient (Wildman–Crippen LogP) is 1.07. The Morgan fingerprint density at radius 3 is 2.63 bits per heavy atom. The first-order chi connectivity index (χ1) is 9.05. The van der Waals surface area contributed by atoms with E-state index < -0.39 is 10.0 Å². The molecule has 106 valence electrons. The molecule has 1 aromatic rings. The highest BCUT2D eigenvalue weighted by atomic mass is 32.2. The standard InChI is InChI=1S/C13H20N2O3S/c1-3-18-12-4-6-13(7-5-12)19(16,17)15-9-8-14-10-11(15)2/h4-7,11,14H,3,8-10H2,1-2H3/t11-/m0/s1. The first kappa shape index (κ1) is 14.3. The summed E-state index contributed by atoms with van der Waals surface area (Å²) in [5.74, 6) is 0.690. The Balaban J connectivity index is 2.23. The number of piperazine rings is 1. The van der Waals surface area contributed by atoms with Crippen LogP contribution >= 0.6 is 0 Å². The number of benzene rings is 1. The first-order valence-electron chi connectivity index (χ1n) is 6.51. The average molecular weight is 284 g/mol. The van der Waals surface area contributed by atoms with Crippen molar-refractivity contribution in [1.82, 2.24) is 9.62 Å². The van der Waals surface area contributed by atoms with Gasteiger partial charge in [-0.25, -0.2) is 8.42 Å². The predicted molar refractivity (Wildman–Crippen MR) is 73.8 cm³/mol. The van der Waals surface area contributed by atoms with Crippen LogP contribution in [0.2, 0.25) is 0 Å². The number of hydrogen-bond acceptors (Lipinski definition) is 4. The van der Waals surface area contributed by atoms with Gasteiger partial charge in [-0.05, 0) is 38.1 Å². The highest BCUT2D eigenvalue weighted by molar-refractivity contribution is 7.89. The smallest absolute Gasteiger partial charge is 0.243 e. The lowest BCUT2D eigenvalue weighted by Crippen LogP contribution is -2.52.